The van der Waals surface area contributed by atoms with Crippen molar-refractivity contribution >= 4 is 23.1 Å². The third kappa shape index (κ3) is 4.09. The van der Waals surface area contributed by atoms with E-state index in [-0.39, 0.29) is 17.1 Å². The van der Waals surface area contributed by atoms with Crippen molar-refractivity contribution in [3.05, 3.63) is 53.4 Å². The minimum absolute atomic E-state index is 0.0863. The summed E-state index contributed by atoms with van der Waals surface area (Å²) in [5.41, 5.74) is 3.62. The van der Waals surface area contributed by atoms with Crippen LogP contribution in [0.4, 0.5) is 11.5 Å². The number of pyridine rings is 2. The van der Waals surface area contributed by atoms with E-state index in [4.69, 9.17) is 0 Å². The first-order valence-electron chi connectivity index (χ1n) is 13.6. The lowest BCUT2D eigenvalue weighted by Crippen LogP contribution is -2.34. The summed E-state index contributed by atoms with van der Waals surface area (Å²) in [4.78, 5) is 30.9. The molecule has 0 aromatic carbocycles. The molecule has 0 spiro atoms. The van der Waals surface area contributed by atoms with E-state index in [2.05, 4.69) is 65.4 Å². The van der Waals surface area contributed by atoms with Crippen molar-refractivity contribution in [3.63, 3.8) is 0 Å². The Morgan fingerprint density at radius 1 is 1.03 bits per heavy atom. The van der Waals surface area contributed by atoms with Gasteiger partial charge in [-0.2, -0.15) is 4.80 Å². The molecule has 3 aliphatic rings. The highest BCUT2D eigenvalue weighted by Crippen LogP contribution is 2.36. The largest absolute Gasteiger partial charge is 0.369 e. The van der Waals surface area contributed by atoms with E-state index < -0.39 is 0 Å². The Morgan fingerprint density at radius 2 is 1.82 bits per heavy atom. The highest BCUT2D eigenvalue weighted by atomic mass is 16.2. The zero-order valence-corrected chi connectivity index (χ0v) is 22.8. The molecule has 3 fully saturated rings. The van der Waals surface area contributed by atoms with E-state index in [1.165, 1.54) is 4.80 Å². The Kier molecular flexibility index (Phi) is 5.36. The highest BCUT2D eigenvalue weighted by Gasteiger charge is 2.43. The third-order valence-electron chi connectivity index (χ3n) is 8.65. The van der Waals surface area contributed by atoms with Gasteiger partial charge in [-0.15, -0.1) is 15.3 Å². The molecule has 4 aromatic rings. The van der Waals surface area contributed by atoms with Crippen LogP contribution < -0.4 is 9.80 Å². The number of amides is 1. The summed E-state index contributed by atoms with van der Waals surface area (Å²) in [6.45, 7) is 11.2. The van der Waals surface area contributed by atoms with Gasteiger partial charge in [0, 0.05) is 56.8 Å². The summed E-state index contributed by atoms with van der Waals surface area (Å²) >= 11 is 0. The molecule has 202 valence electrons. The standard InChI is InChI=1S/C27H33N11O/c1-17-10-21(35-9-8-27(3,16-35)26-30-33-34(4)32-26)15-38-24(17)29-23(31-38)25(39)37-13-19-11-36(12-20(19)14-37)22-7-5-6-18(2)28-22/h5-7,10,15,19-20H,8-9,11-14,16H2,1-4H3. The number of hydrogen-bond acceptors (Lipinski definition) is 9. The maximum Gasteiger partial charge on any atom is 0.293 e. The predicted octanol–water partition coefficient (Wildman–Crippen LogP) is 1.64. The zero-order valence-electron chi connectivity index (χ0n) is 22.8. The quantitative estimate of drug-likeness (QED) is 0.391. The van der Waals surface area contributed by atoms with Gasteiger partial charge in [0.15, 0.2) is 11.5 Å². The summed E-state index contributed by atoms with van der Waals surface area (Å²) in [5, 5.41) is 17.4. The first kappa shape index (κ1) is 24.0. The summed E-state index contributed by atoms with van der Waals surface area (Å²) in [6, 6.07) is 8.28. The van der Waals surface area contributed by atoms with Crippen LogP contribution in [0.1, 0.15) is 41.0 Å². The number of anilines is 2. The maximum atomic E-state index is 13.5. The van der Waals surface area contributed by atoms with Crippen LogP contribution in [0.2, 0.25) is 0 Å². The smallest absolute Gasteiger partial charge is 0.293 e. The van der Waals surface area contributed by atoms with Crippen LogP contribution in [0.5, 0.6) is 0 Å². The van der Waals surface area contributed by atoms with Crippen molar-refractivity contribution in [3.8, 4) is 0 Å². The molecular formula is C27H33N11O. The topological polar surface area (TPSA) is 113 Å². The minimum Gasteiger partial charge on any atom is -0.369 e. The molecule has 3 saturated heterocycles. The molecule has 12 nitrogen and oxygen atoms in total. The number of tetrazole rings is 1. The number of likely N-dealkylation sites (tertiary alicyclic amines) is 1. The van der Waals surface area contributed by atoms with Gasteiger partial charge < -0.3 is 14.7 Å². The number of nitrogens with zero attached hydrogens (tertiary/aromatic N) is 11. The molecule has 3 atom stereocenters. The van der Waals surface area contributed by atoms with Crippen molar-refractivity contribution in [2.45, 2.75) is 32.6 Å². The molecule has 0 aliphatic carbocycles. The zero-order chi connectivity index (χ0) is 26.9. The van der Waals surface area contributed by atoms with Gasteiger partial charge >= 0.3 is 0 Å². The number of aromatic nitrogens is 8. The summed E-state index contributed by atoms with van der Waals surface area (Å²) in [5.74, 6) is 2.86. The minimum atomic E-state index is -0.167. The molecule has 0 N–H and O–H groups in total. The molecule has 0 saturated carbocycles. The van der Waals surface area contributed by atoms with E-state index in [0.29, 0.717) is 11.8 Å². The van der Waals surface area contributed by atoms with Crippen molar-refractivity contribution in [1.29, 1.82) is 0 Å². The van der Waals surface area contributed by atoms with Gasteiger partial charge in [-0.1, -0.05) is 13.0 Å². The summed E-state index contributed by atoms with van der Waals surface area (Å²) < 4.78 is 1.76. The van der Waals surface area contributed by atoms with Crippen LogP contribution in [-0.4, -0.2) is 89.9 Å². The molecule has 0 bridgehead atoms. The fourth-order valence-corrected chi connectivity index (χ4v) is 6.48. The molecule has 4 aromatic heterocycles. The third-order valence-corrected chi connectivity index (χ3v) is 8.65. The first-order chi connectivity index (χ1) is 18.8. The van der Waals surface area contributed by atoms with Gasteiger partial charge in [0.2, 0.25) is 5.82 Å². The number of aryl methyl sites for hydroxylation is 3. The van der Waals surface area contributed by atoms with E-state index in [0.717, 1.165) is 79.9 Å². The SMILES string of the molecule is Cc1cccc(N2CC3CN(C(=O)c4nc5c(C)cc(N6CCC(C)(c7nnn(C)n7)C6)cn5n4)CC3C2)n1. The van der Waals surface area contributed by atoms with Crippen molar-refractivity contribution in [2.75, 3.05) is 49.1 Å². The molecule has 12 heteroatoms. The highest BCUT2D eigenvalue weighted by molar-refractivity contribution is 5.91. The molecule has 7 heterocycles. The van der Waals surface area contributed by atoms with Crippen LogP contribution in [0.15, 0.2) is 30.5 Å². The molecule has 1 amide bonds. The Bertz CT molecular complexity index is 1560. The fourth-order valence-electron chi connectivity index (χ4n) is 6.48. The Labute approximate surface area is 226 Å². The van der Waals surface area contributed by atoms with Gasteiger partial charge in [0.05, 0.1) is 24.3 Å². The lowest BCUT2D eigenvalue weighted by atomic mass is 9.89. The van der Waals surface area contributed by atoms with Gasteiger partial charge in [-0.3, -0.25) is 4.79 Å². The second-order valence-corrected chi connectivity index (χ2v) is 11.7. The van der Waals surface area contributed by atoms with E-state index in [1.807, 2.05) is 31.0 Å². The van der Waals surface area contributed by atoms with Crippen LogP contribution in [0.25, 0.3) is 5.65 Å². The second kappa shape index (κ2) is 8.72. The van der Waals surface area contributed by atoms with Crippen molar-refractivity contribution in [2.24, 2.45) is 18.9 Å². The number of carbonyl (C=O) groups is 1. The molecule has 7 rings (SSSR count). The Balaban J connectivity index is 1.06. The molecule has 3 unspecified atom stereocenters. The lowest BCUT2D eigenvalue weighted by Gasteiger charge is -2.23. The van der Waals surface area contributed by atoms with Gasteiger partial charge in [0.25, 0.3) is 5.91 Å². The normalized spacial score (nSPS) is 24.8. The summed E-state index contributed by atoms with van der Waals surface area (Å²) in [7, 11) is 1.79. The second-order valence-electron chi connectivity index (χ2n) is 11.7. The summed E-state index contributed by atoms with van der Waals surface area (Å²) in [6.07, 6.45) is 2.92. The number of carbonyl (C=O) groups excluding carboxylic acids is 1. The Hall–Kier alpha value is -4.09. The first-order valence-corrected chi connectivity index (χ1v) is 13.6. The monoisotopic (exact) mass is 527 g/mol. The Morgan fingerprint density at radius 3 is 2.54 bits per heavy atom. The fraction of sp³-hybridized carbons (Fsp3) is 0.519. The number of hydrogen-bond donors (Lipinski definition) is 0. The van der Waals surface area contributed by atoms with Crippen molar-refractivity contribution < 1.29 is 4.79 Å². The van der Waals surface area contributed by atoms with Crippen LogP contribution in [0, 0.1) is 25.7 Å². The van der Waals surface area contributed by atoms with Gasteiger partial charge in [-0.05, 0) is 49.2 Å². The van der Waals surface area contributed by atoms with E-state index in [1.54, 1.807) is 11.6 Å². The average molecular weight is 528 g/mol. The van der Waals surface area contributed by atoms with Crippen LogP contribution >= 0.6 is 0 Å². The van der Waals surface area contributed by atoms with Gasteiger partial charge in [0.1, 0.15) is 5.82 Å². The van der Waals surface area contributed by atoms with E-state index in [9.17, 15) is 4.79 Å². The lowest BCUT2D eigenvalue weighted by molar-refractivity contribution is 0.0770. The molecule has 3 aliphatic heterocycles. The molecule has 0 radical (unpaired) electrons. The van der Waals surface area contributed by atoms with Crippen LogP contribution in [0.3, 0.4) is 0 Å². The average Bonchev–Trinajstić information content (AvgIpc) is 3.71. The van der Waals surface area contributed by atoms with Gasteiger partial charge in [-0.25, -0.2) is 14.5 Å². The predicted molar refractivity (Wildman–Crippen MR) is 145 cm³/mol. The molecule has 39 heavy (non-hydrogen) atoms. The maximum absolute atomic E-state index is 13.5. The van der Waals surface area contributed by atoms with E-state index >= 15 is 0 Å². The number of rotatable bonds is 4. The number of fused-ring (bicyclic) bond motifs is 2. The van der Waals surface area contributed by atoms with Crippen molar-refractivity contribution in [1.82, 2.24) is 44.7 Å². The molecular weight excluding hydrogens is 494 g/mol. The van der Waals surface area contributed by atoms with Crippen LogP contribution in [-0.2, 0) is 12.5 Å².